The number of carbonyl (C=O) groups is 1. The Morgan fingerprint density at radius 3 is 1.26 bits per heavy atom. The van der Waals surface area contributed by atoms with E-state index in [-0.39, 0.29) is 18.9 Å². The minimum atomic E-state index is -1.79. The molecule has 2 aliphatic rings. The number of aliphatic hydroxyl groups is 8. The van der Waals surface area contributed by atoms with Crippen molar-refractivity contribution in [3.8, 4) is 0 Å². The van der Waals surface area contributed by atoms with Crippen LogP contribution in [0.3, 0.4) is 0 Å². The molecule has 78 heavy (non-hydrogen) atoms. The molecule has 0 aliphatic carbocycles. The molecule has 0 spiro atoms. The second kappa shape index (κ2) is 49.8. The third kappa shape index (κ3) is 34.6. The van der Waals surface area contributed by atoms with Gasteiger partial charge in [-0.2, -0.15) is 0 Å². The second-order valence-electron chi connectivity index (χ2n) is 22.9. The lowest BCUT2D eigenvalue weighted by molar-refractivity contribution is -0.359. The van der Waals surface area contributed by atoms with E-state index in [4.69, 9.17) is 18.9 Å². The molecule has 2 fully saturated rings. The maximum atomic E-state index is 13.3. The third-order valence-electron chi connectivity index (χ3n) is 15.8. The highest BCUT2D eigenvalue weighted by Gasteiger charge is 2.51. The number of hydrogen-bond donors (Lipinski definition) is 9. The van der Waals surface area contributed by atoms with Gasteiger partial charge in [-0.3, -0.25) is 4.79 Å². The van der Waals surface area contributed by atoms with E-state index in [9.17, 15) is 45.6 Å². The number of aliphatic hydroxyl groups excluding tert-OH is 8. The van der Waals surface area contributed by atoms with E-state index >= 15 is 0 Å². The van der Waals surface area contributed by atoms with Crippen molar-refractivity contribution in [1.82, 2.24) is 5.32 Å². The van der Waals surface area contributed by atoms with Crippen molar-refractivity contribution in [2.45, 2.75) is 344 Å². The third-order valence-corrected chi connectivity index (χ3v) is 15.8. The van der Waals surface area contributed by atoms with Crippen LogP contribution in [0.5, 0.6) is 0 Å². The minimum Gasteiger partial charge on any atom is -0.394 e. The van der Waals surface area contributed by atoms with E-state index < -0.39 is 86.8 Å². The molecule has 2 heterocycles. The van der Waals surface area contributed by atoms with Gasteiger partial charge in [-0.05, 0) is 57.8 Å². The van der Waals surface area contributed by atoms with Crippen LogP contribution >= 0.6 is 0 Å². The lowest BCUT2D eigenvalue weighted by atomic mass is 9.97. The van der Waals surface area contributed by atoms with Crippen LogP contribution in [0.15, 0.2) is 36.5 Å². The fourth-order valence-electron chi connectivity index (χ4n) is 10.6. The van der Waals surface area contributed by atoms with Crippen molar-refractivity contribution in [3.63, 3.8) is 0 Å². The van der Waals surface area contributed by atoms with E-state index in [2.05, 4.69) is 43.5 Å². The molecule has 0 aromatic carbocycles. The number of unbranched alkanes of at least 4 members (excludes halogenated alkanes) is 35. The number of nitrogens with one attached hydrogen (secondary N) is 1. The summed E-state index contributed by atoms with van der Waals surface area (Å²) < 4.78 is 22.8. The molecule has 2 aliphatic heterocycles. The first-order valence-corrected chi connectivity index (χ1v) is 32.2. The molecule has 458 valence electrons. The Bertz CT molecular complexity index is 1450. The minimum absolute atomic E-state index is 0.251. The first-order valence-electron chi connectivity index (χ1n) is 32.2. The van der Waals surface area contributed by atoms with Gasteiger partial charge >= 0.3 is 0 Å². The summed E-state index contributed by atoms with van der Waals surface area (Å²) >= 11 is 0. The molecule has 2 saturated heterocycles. The predicted octanol–water partition coefficient (Wildman–Crippen LogP) is 11.8. The standard InChI is InChI=1S/C64H119NO13/c1-3-5-7-9-11-13-15-17-19-21-23-24-25-26-27-28-29-30-31-33-35-37-39-41-43-45-47-53(68)52(65-56(69)48-46-44-42-40-38-36-34-32-22-20-18-16-14-12-10-8-6-4-2)51-75-63-61(74)59(72)62(55(50-67)77-63)78-64-60(73)58(71)57(70)54(49-66)76-64/h20,22,37,39,45,47,52-55,57-64,66-68,70-74H,3-19,21,23-36,38,40-44,46,48-51H2,1-2H3,(H,65,69)/b22-20-,39-37+,47-45+. The predicted molar refractivity (Wildman–Crippen MR) is 314 cm³/mol. The molecule has 0 aromatic rings. The summed E-state index contributed by atoms with van der Waals surface area (Å²) in [6, 6.07) is -0.934. The van der Waals surface area contributed by atoms with Crippen molar-refractivity contribution < 1.29 is 64.6 Å². The highest BCUT2D eigenvalue weighted by Crippen LogP contribution is 2.30. The van der Waals surface area contributed by atoms with Crippen molar-refractivity contribution in [1.29, 1.82) is 0 Å². The zero-order valence-corrected chi connectivity index (χ0v) is 49.4. The summed E-state index contributed by atoms with van der Waals surface area (Å²) in [5, 5.41) is 87.2. The van der Waals surface area contributed by atoms with Crippen LogP contribution in [0.25, 0.3) is 0 Å². The van der Waals surface area contributed by atoms with Crippen LogP contribution in [0.2, 0.25) is 0 Å². The molecular formula is C64H119NO13. The van der Waals surface area contributed by atoms with Gasteiger partial charge in [0.2, 0.25) is 5.91 Å². The number of allylic oxidation sites excluding steroid dienone is 5. The van der Waals surface area contributed by atoms with Gasteiger partial charge in [0.15, 0.2) is 12.6 Å². The van der Waals surface area contributed by atoms with Crippen LogP contribution in [0.1, 0.15) is 271 Å². The van der Waals surface area contributed by atoms with E-state index in [0.29, 0.717) is 12.8 Å². The van der Waals surface area contributed by atoms with Crippen LogP contribution in [0.4, 0.5) is 0 Å². The molecule has 1 amide bonds. The average molecular weight is 1110 g/mol. The normalized spacial score (nSPS) is 24.7. The highest BCUT2D eigenvalue weighted by atomic mass is 16.7. The largest absolute Gasteiger partial charge is 0.394 e. The van der Waals surface area contributed by atoms with E-state index in [1.807, 2.05) is 6.08 Å². The number of hydrogen-bond acceptors (Lipinski definition) is 13. The van der Waals surface area contributed by atoms with Crippen molar-refractivity contribution in [2.75, 3.05) is 19.8 Å². The molecule has 14 heteroatoms. The second-order valence-corrected chi connectivity index (χ2v) is 22.9. The molecule has 12 unspecified atom stereocenters. The van der Waals surface area contributed by atoms with Crippen LogP contribution in [-0.2, 0) is 23.7 Å². The van der Waals surface area contributed by atoms with E-state index in [0.717, 1.165) is 38.5 Å². The van der Waals surface area contributed by atoms with E-state index in [1.54, 1.807) is 6.08 Å². The summed E-state index contributed by atoms with van der Waals surface area (Å²) in [4.78, 5) is 13.3. The molecule has 12 atom stereocenters. The van der Waals surface area contributed by atoms with Gasteiger partial charge < -0.3 is 65.1 Å². The quantitative estimate of drug-likeness (QED) is 0.0204. The first-order chi connectivity index (χ1) is 38.1. The summed E-state index contributed by atoms with van der Waals surface area (Å²) in [5.41, 5.74) is 0. The Kier molecular flexibility index (Phi) is 46.2. The van der Waals surface area contributed by atoms with Gasteiger partial charge in [0.25, 0.3) is 0 Å². The number of ether oxygens (including phenoxy) is 4. The fourth-order valence-corrected chi connectivity index (χ4v) is 10.6. The van der Waals surface area contributed by atoms with Crippen molar-refractivity contribution in [3.05, 3.63) is 36.5 Å². The lowest BCUT2D eigenvalue weighted by Crippen LogP contribution is -2.65. The smallest absolute Gasteiger partial charge is 0.220 e. The number of rotatable bonds is 52. The van der Waals surface area contributed by atoms with Crippen molar-refractivity contribution in [2.24, 2.45) is 0 Å². The Hall–Kier alpha value is -1.79. The van der Waals surface area contributed by atoms with Gasteiger partial charge in [0.05, 0.1) is 32.0 Å². The van der Waals surface area contributed by atoms with Gasteiger partial charge in [-0.15, -0.1) is 0 Å². The lowest BCUT2D eigenvalue weighted by Gasteiger charge is -2.46. The Labute approximate surface area is 474 Å². The number of carbonyl (C=O) groups excluding carboxylic acids is 1. The van der Waals surface area contributed by atoms with Gasteiger partial charge in [0.1, 0.15) is 48.8 Å². The molecular weight excluding hydrogens is 991 g/mol. The first kappa shape index (κ1) is 72.3. The maximum Gasteiger partial charge on any atom is 0.220 e. The summed E-state index contributed by atoms with van der Waals surface area (Å²) in [6.45, 7) is 2.80. The van der Waals surface area contributed by atoms with E-state index in [1.165, 1.54) is 199 Å². The topological polar surface area (TPSA) is 228 Å². The van der Waals surface area contributed by atoms with Crippen molar-refractivity contribution >= 4 is 5.91 Å². The Morgan fingerprint density at radius 2 is 0.821 bits per heavy atom. The Morgan fingerprint density at radius 1 is 0.449 bits per heavy atom. The molecule has 14 nitrogen and oxygen atoms in total. The zero-order valence-electron chi connectivity index (χ0n) is 49.4. The summed E-state index contributed by atoms with van der Waals surface area (Å²) in [5.74, 6) is -0.251. The highest BCUT2D eigenvalue weighted by molar-refractivity contribution is 5.76. The SMILES string of the molecule is CCCCCCCCC/C=C\CCCCCCCCCC(=O)NC(COC1OC(CO)C(OC2OC(CO)C(O)C(O)C2O)C(O)C1O)C(O)/C=C/CC/C=C/CCCCCCCCCCCCCCCCCCCCCC. The van der Waals surface area contributed by atoms with Crippen LogP contribution in [-0.4, -0.2) is 140 Å². The number of amides is 1. The van der Waals surface area contributed by atoms with Gasteiger partial charge in [-0.1, -0.05) is 243 Å². The monoisotopic (exact) mass is 1110 g/mol. The average Bonchev–Trinajstić information content (AvgIpc) is 3.48. The Balaban J connectivity index is 1.74. The molecule has 0 saturated carbocycles. The summed E-state index contributed by atoms with van der Waals surface area (Å²) in [7, 11) is 0. The van der Waals surface area contributed by atoms with Gasteiger partial charge in [0, 0.05) is 6.42 Å². The fraction of sp³-hybridized carbons (Fsp3) is 0.891. The molecule has 0 aromatic heterocycles. The molecule has 9 N–H and O–H groups in total. The summed E-state index contributed by atoms with van der Waals surface area (Å²) in [6.07, 6.45) is 44.8. The van der Waals surface area contributed by atoms with Crippen LogP contribution < -0.4 is 5.32 Å². The van der Waals surface area contributed by atoms with Gasteiger partial charge in [-0.25, -0.2) is 0 Å². The maximum absolute atomic E-state index is 13.3. The zero-order chi connectivity index (χ0) is 56.7. The molecule has 0 bridgehead atoms. The molecule has 2 rings (SSSR count). The van der Waals surface area contributed by atoms with Crippen LogP contribution in [0, 0.1) is 0 Å². The molecule has 0 radical (unpaired) electrons.